The van der Waals surface area contributed by atoms with Crippen LogP contribution in [0.25, 0.3) is 10.8 Å². The number of amides is 2. The van der Waals surface area contributed by atoms with Gasteiger partial charge in [-0.25, -0.2) is 13.1 Å². The number of ether oxygens (including phenoxy) is 1. The molecule has 2 atom stereocenters. The number of hydrogen-bond acceptors (Lipinski definition) is 7. The van der Waals surface area contributed by atoms with Crippen LogP contribution in [0.15, 0.2) is 29.1 Å². The number of nitrogens with two attached hydrogens (primary N) is 1. The highest BCUT2D eigenvalue weighted by Gasteiger charge is 2.36. The standard InChI is InChI=1S/C20H24N4O6S/c21-19(26)18-15-5-1-2-6-16(15)20(27)24(22-18)11-17(25)23(10-14-4-3-8-30-14)13-7-9-31(28,29)12-13/h1-2,5-6,13-14H,3-4,7-12H2,(H2,21,26)/t13-,14-/m0/s1. The van der Waals surface area contributed by atoms with E-state index in [-0.39, 0.29) is 35.2 Å². The van der Waals surface area contributed by atoms with E-state index in [0.717, 1.165) is 17.5 Å². The van der Waals surface area contributed by atoms with Gasteiger partial charge >= 0.3 is 0 Å². The maximum atomic E-state index is 13.2. The van der Waals surface area contributed by atoms with Gasteiger partial charge in [0, 0.05) is 24.6 Å². The van der Waals surface area contributed by atoms with Crippen LogP contribution in [0.5, 0.6) is 0 Å². The van der Waals surface area contributed by atoms with Crippen molar-refractivity contribution < 1.29 is 22.7 Å². The Bertz CT molecular complexity index is 1190. The molecule has 0 radical (unpaired) electrons. The third kappa shape index (κ3) is 4.47. The van der Waals surface area contributed by atoms with Gasteiger partial charge in [0.25, 0.3) is 11.5 Å². The Kier molecular flexibility index (Phi) is 5.80. The summed E-state index contributed by atoms with van der Waals surface area (Å²) in [6, 6.07) is 5.94. The van der Waals surface area contributed by atoms with Crippen LogP contribution in [0, 0.1) is 0 Å². The molecule has 2 N–H and O–H groups in total. The molecule has 1 aromatic heterocycles. The maximum absolute atomic E-state index is 13.2. The summed E-state index contributed by atoms with van der Waals surface area (Å²) in [5, 5.41) is 4.59. The number of aromatic nitrogens is 2. The Hall–Kier alpha value is -2.79. The van der Waals surface area contributed by atoms with Gasteiger partial charge in [-0.15, -0.1) is 0 Å². The zero-order chi connectivity index (χ0) is 22.2. The van der Waals surface area contributed by atoms with Crippen LogP contribution in [0.1, 0.15) is 29.8 Å². The van der Waals surface area contributed by atoms with Crippen LogP contribution in [0.4, 0.5) is 0 Å². The Morgan fingerprint density at radius 1 is 1.23 bits per heavy atom. The largest absolute Gasteiger partial charge is 0.376 e. The number of benzene rings is 1. The van der Waals surface area contributed by atoms with Crippen molar-refractivity contribution in [2.45, 2.75) is 38.0 Å². The lowest BCUT2D eigenvalue weighted by molar-refractivity contribution is -0.135. The number of fused-ring (bicyclic) bond motifs is 1. The summed E-state index contributed by atoms with van der Waals surface area (Å²) < 4.78 is 30.6. The van der Waals surface area contributed by atoms with Crippen molar-refractivity contribution in [2.24, 2.45) is 5.73 Å². The number of primary amides is 1. The molecule has 31 heavy (non-hydrogen) atoms. The molecule has 0 bridgehead atoms. The SMILES string of the molecule is NC(=O)c1nn(CC(=O)N(C[C@@H]2CCCO2)[C@H]2CCS(=O)(=O)C2)c(=O)c2ccccc12. The summed E-state index contributed by atoms with van der Waals surface area (Å²) in [5.74, 6) is -1.35. The molecule has 0 aliphatic carbocycles. The van der Waals surface area contributed by atoms with E-state index < -0.39 is 39.8 Å². The summed E-state index contributed by atoms with van der Waals surface area (Å²) in [5.41, 5.74) is 4.81. The highest BCUT2D eigenvalue weighted by Crippen LogP contribution is 2.22. The molecule has 2 fully saturated rings. The number of nitrogens with zero attached hydrogens (tertiary/aromatic N) is 3. The molecule has 2 aromatic rings. The third-order valence-corrected chi connectivity index (χ3v) is 7.53. The van der Waals surface area contributed by atoms with Gasteiger partial charge in [-0.1, -0.05) is 18.2 Å². The van der Waals surface area contributed by atoms with Crippen LogP contribution < -0.4 is 11.3 Å². The van der Waals surface area contributed by atoms with Crippen molar-refractivity contribution in [2.75, 3.05) is 24.7 Å². The van der Waals surface area contributed by atoms with Crippen molar-refractivity contribution in [1.29, 1.82) is 0 Å². The Balaban J connectivity index is 1.66. The Labute approximate surface area is 178 Å². The molecule has 2 aliphatic rings. The topological polar surface area (TPSA) is 142 Å². The van der Waals surface area contributed by atoms with Gasteiger partial charge in [0.05, 0.1) is 23.0 Å². The van der Waals surface area contributed by atoms with Crippen molar-refractivity contribution in [3.8, 4) is 0 Å². The summed E-state index contributed by atoms with van der Waals surface area (Å²) in [4.78, 5) is 39.5. The normalized spacial score (nSPS) is 22.6. The van der Waals surface area contributed by atoms with E-state index in [1.165, 1.54) is 4.90 Å². The average Bonchev–Trinajstić information content (AvgIpc) is 3.37. The fourth-order valence-electron chi connectivity index (χ4n) is 4.23. The van der Waals surface area contributed by atoms with Crippen molar-refractivity contribution >= 4 is 32.4 Å². The lowest BCUT2D eigenvalue weighted by Gasteiger charge is -2.30. The van der Waals surface area contributed by atoms with Gasteiger partial charge in [-0.2, -0.15) is 5.10 Å². The minimum absolute atomic E-state index is 0.0208. The van der Waals surface area contributed by atoms with Crippen LogP contribution in [0.2, 0.25) is 0 Å². The fourth-order valence-corrected chi connectivity index (χ4v) is 5.96. The smallest absolute Gasteiger partial charge is 0.275 e. The first kappa shape index (κ1) is 21.4. The molecular weight excluding hydrogens is 424 g/mol. The molecule has 0 saturated carbocycles. The fraction of sp³-hybridized carbons (Fsp3) is 0.500. The lowest BCUT2D eigenvalue weighted by Crippen LogP contribution is -2.47. The summed E-state index contributed by atoms with van der Waals surface area (Å²) >= 11 is 0. The van der Waals surface area contributed by atoms with E-state index in [1.54, 1.807) is 24.3 Å². The number of carbonyl (C=O) groups is 2. The second-order valence-corrected chi connectivity index (χ2v) is 10.2. The number of carbonyl (C=O) groups excluding carboxylic acids is 2. The molecule has 1 aromatic carbocycles. The highest BCUT2D eigenvalue weighted by atomic mass is 32.2. The molecule has 166 valence electrons. The first-order chi connectivity index (χ1) is 14.7. The summed E-state index contributed by atoms with van der Waals surface area (Å²) in [6.45, 7) is 0.431. The monoisotopic (exact) mass is 448 g/mol. The number of hydrogen-bond donors (Lipinski definition) is 1. The molecule has 2 aliphatic heterocycles. The van der Waals surface area contributed by atoms with E-state index in [0.29, 0.717) is 18.4 Å². The summed E-state index contributed by atoms with van der Waals surface area (Å²) in [6.07, 6.45) is 1.83. The van der Waals surface area contributed by atoms with Gasteiger partial charge in [-0.05, 0) is 25.3 Å². The molecule has 2 saturated heterocycles. The molecule has 0 unspecified atom stereocenters. The zero-order valence-corrected chi connectivity index (χ0v) is 17.7. The molecule has 0 spiro atoms. The van der Waals surface area contributed by atoms with Crippen LogP contribution in [-0.4, -0.2) is 71.7 Å². The van der Waals surface area contributed by atoms with Crippen LogP contribution in [-0.2, 0) is 25.9 Å². The Morgan fingerprint density at radius 3 is 2.58 bits per heavy atom. The minimum Gasteiger partial charge on any atom is -0.376 e. The van der Waals surface area contributed by atoms with E-state index >= 15 is 0 Å². The number of sulfone groups is 1. The summed E-state index contributed by atoms with van der Waals surface area (Å²) in [7, 11) is -3.22. The second kappa shape index (κ2) is 8.39. The molecule has 10 nitrogen and oxygen atoms in total. The van der Waals surface area contributed by atoms with E-state index in [4.69, 9.17) is 10.5 Å². The van der Waals surface area contributed by atoms with Crippen LogP contribution >= 0.6 is 0 Å². The van der Waals surface area contributed by atoms with Crippen molar-refractivity contribution in [3.05, 3.63) is 40.3 Å². The highest BCUT2D eigenvalue weighted by molar-refractivity contribution is 7.91. The zero-order valence-electron chi connectivity index (χ0n) is 16.9. The Morgan fingerprint density at radius 2 is 1.97 bits per heavy atom. The average molecular weight is 449 g/mol. The predicted octanol–water partition coefficient (Wildman–Crippen LogP) is -0.310. The van der Waals surface area contributed by atoms with Crippen molar-refractivity contribution in [3.63, 3.8) is 0 Å². The van der Waals surface area contributed by atoms with Gasteiger partial charge in [0.2, 0.25) is 5.91 Å². The van der Waals surface area contributed by atoms with E-state index in [9.17, 15) is 22.8 Å². The molecule has 11 heteroatoms. The molecular formula is C20H24N4O6S. The first-order valence-corrected chi connectivity index (χ1v) is 12.0. The minimum atomic E-state index is -3.22. The number of rotatable bonds is 6. The quantitative estimate of drug-likeness (QED) is 0.639. The first-order valence-electron chi connectivity index (χ1n) is 10.2. The van der Waals surface area contributed by atoms with Gasteiger partial charge < -0.3 is 15.4 Å². The predicted molar refractivity (Wildman–Crippen MR) is 112 cm³/mol. The molecule has 4 rings (SSSR count). The van der Waals surface area contributed by atoms with Gasteiger partial charge in [0.1, 0.15) is 6.54 Å². The second-order valence-electron chi connectivity index (χ2n) is 7.96. The van der Waals surface area contributed by atoms with Gasteiger partial charge in [-0.3, -0.25) is 14.4 Å². The van der Waals surface area contributed by atoms with E-state index in [2.05, 4.69) is 5.10 Å². The van der Waals surface area contributed by atoms with Gasteiger partial charge in [0.15, 0.2) is 15.5 Å². The van der Waals surface area contributed by atoms with Crippen LogP contribution in [0.3, 0.4) is 0 Å². The third-order valence-electron chi connectivity index (χ3n) is 5.78. The molecule has 3 heterocycles. The maximum Gasteiger partial charge on any atom is 0.275 e. The lowest BCUT2D eigenvalue weighted by atomic mass is 10.1. The van der Waals surface area contributed by atoms with Crippen molar-refractivity contribution in [1.82, 2.24) is 14.7 Å². The van der Waals surface area contributed by atoms with E-state index in [1.807, 2.05) is 0 Å². The molecule has 2 amide bonds.